The second-order valence-corrected chi connectivity index (χ2v) is 10.6. The van der Waals surface area contributed by atoms with Crippen LogP contribution in [0.15, 0.2) is 47.4 Å². The Hall–Kier alpha value is -2.56. The lowest BCUT2D eigenvalue weighted by atomic mass is 9.96. The van der Waals surface area contributed by atoms with Gasteiger partial charge < -0.3 is 25.0 Å². The zero-order valence-corrected chi connectivity index (χ0v) is 21.0. The highest BCUT2D eigenvalue weighted by molar-refractivity contribution is 7.93. The third-order valence-electron chi connectivity index (χ3n) is 6.15. The fraction of sp³-hybridized carbons (Fsp3) is 0.458. The van der Waals surface area contributed by atoms with E-state index in [1.165, 1.54) is 26.4 Å². The van der Waals surface area contributed by atoms with Crippen molar-refractivity contribution in [3.63, 3.8) is 0 Å². The zero-order valence-electron chi connectivity index (χ0n) is 19.4. The Morgan fingerprint density at radius 1 is 1.09 bits per heavy atom. The lowest BCUT2D eigenvalue weighted by Crippen LogP contribution is -2.39. The van der Waals surface area contributed by atoms with Crippen LogP contribution >= 0.6 is 12.2 Å². The number of para-hydroxylation sites is 2. The molecule has 1 aliphatic carbocycles. The average Bonchev–Trinajstić information content (AvgIpc) is 2.85. The molecule has 1 aliphatic heterocycles. The van der Waals surface area contributed by atoms with E-state index in [4.69, 9.17) is 21.7 Å². The summed E-state index contributed by atoms with van der Waals surface area (Å²) < 4.78 is 40.7. The monoisotopic (exact) mass is 504 g/mol. The third kappa shape index (κ3) is 6.11. The Morgan fingerprint density at radius 2 is 1.82 bits per heavy atom. The number of ether oxygens (including phenoxy) is 2. The minimum absolute atomic E-state index is 0.172. The van der Waals surface area contributed by atoms with Crippen LogP contribution in [-0.2, 0) is 14.8 Å². The van der Waals surface area contributed by atoms with Gasteiger partial charge in [0, 0.05) is 24.8 Å². The summed E-state index contributed by atoms with van der Waals surface area (Å²) in [6.45, 7) is 2.33. The van der Waals surface area contributed by atoms with Crippen molar-refractivity contribution in [2.24, 2.45) is 0 Å². The fourth-order valence-electron chi connectivity index (χ4n) is 4.40. The average molecular weight is 505 g/mol. The largest absolute Gasteiger partial charge is 0.495 e. The summed E-state index contributed by atoms with van der Waals surface area (Å²) in [7, 11) is -2.42. The van der Waals surface area contributed by atoms with Crippen molar-refractivity contribution in [2.75, 3.05) is 48.4 Å². The maximum absolute atomic E-state index is 13.6. The van der Waals surface area contributed by atoms with Gasteiger partial charge in [0.05, 0.1) is 31.7 Å². The van der Waals surface area contributed by atoms with Gasteiger partial charge in [0.1, 0.15) is 10.6 Å². The van der Waals surface area contributed by atoms with Crippen molar-refractivity contribution in [1.29, 1.82) is 0 Å². The van der Waals surface area contributed by atoms with Gasteiger partial charge in [-0.2, -0.15) is 0 Å². The van der Waals surface area contributed by atoms with Gasteiger partial charge in [-0.3, -0.25) is 4.72 Å². The summed E-state index contributed by atoms with van der Waals surface area (Å²) in [6, 6.07) is 12.6. The Bertz CT molecular complexity index is 1100. The topological polar surface area (TPSA) is 91.9 Å². The number of nitrogens with one attached hydrogen (secondary N) is 3. The SMILES string of the molecule is COc1ccccc1NS(=O)(=O)c1cc(NC(=S)NC2CCCCC2)ccc1N1CCOCC1. The molecule has 0 spiro atoms. The number of sulfonamides is 1. The standard InChI is InChI=1S/C24H32N4O4S2/c1-31-22-10-6-5-9-20(22)27-34(29,30)23-17-19(11-12-21(23)28-13-15-32-16-14-28)26-24(33)25-18-7-3-2-4-8-18/h5-6,9-12,17-18,27H,2-4,7-8,13-16H2,1H3,(H2,25,26,33). The molecule has 2 aliphatic rings. The first-order valence-corrected chi connectivity index (χ1v) is 13.6. The first kappa shape index (κ1) is 24.6. The first-order valence-electron chi connectivity index (χ1n) is 11.7. The van der Waals surface area contributed by atoms with Gasteiger partial charge in [-0.05, 0) is 55.4 Å². The van der Waals surface area contributed by atoms with E-state index in [2.05, 4.69) is 15.4 Å². The minimum atomic E-state index is -3.93. The molecule has 1 saturated carbocycles. The number of anilines is 3. The highest BCUT2D eigenvalue weighted by atomic mass is 32.2. The zero-order chi connectivity index (χ0) is 24.0. The van der Waals surface area contributed by atoms with E-state index >= 15 is 0 Å². The lowest BCUT2D eigenvalue weighted by Gasteiger charge is -2.31. The molecular formula is C24H32N4O4S2. The molecule has 0 amide bonds. The van der Waals surface area contributed by atoms with Crippen LogP contribution in [0.25, 0.3) is 0 Å². The van der Waals surface area contributed by atoms with Crippen molar-refractivity contribution in [1.82, 2.24) is 5.32 Å². The van der Waals surface area contributed by atoms with Crippen LogP contribution in [0.4, 0.5) is 17.1 Å². The van der Waals surface area contributed by atoms with Gasteiger partial charge in [0.25, 0.3) is 10.0 Å². The Kier molecular flexibility index (Phi) is 8.12. The van der Waals surface area contributed by atoms with Crippen molar-refractivity contribution >= 4 is 44.4 Å². The molecule has 0 unspecified atom stereocenters. The van der Waals surface area contributed by atoms with E-state index in [0.29, 0.717) is 60.3 Å². The predicted octanol–water partition coefficient (Wildman–Crippen LogP) is 3.95. The second-order valence-electron chi connectivity index (χ2n) is 8.52. The van der Waals surface area contributed by atoms with Crippen LogP contribution in [-0.4, -0.2) is 53.0 Å². The molecule has 0 radical (unpaired) electrons. The number of morpholine rings is 1. The molecule has 0 aromatic heterocycles. The normalized spacial score (nSPS) is 17.1. The van der Waals surface area contributed by atoms with Crippen molar-refractivity contribution in [3.8, 4) is 5.75 Å². The molecule has 1 saturated heterocycles. The molecule has 0 atom stereocenters. The minimum Gasteiger partial charge on any atom is -0.495 e. The highest BCUT2D eigenvalue weighted by Crippen LogP contribution is 2.33. The fourth-order valence-corrected chi connectivity index (χ4v) is 6.01. The Morgan fingerprint density at radius 3 is 2.56 bits per heavy atom. The van der Waals surface area contributed by atoms with Crippen LogP contribution in [0.3, 0.4) is 0 Å². The van der Waals surface area contributed by atoms with E-state index in [0.717, 1.165) is 12.8 Å². The van der Waals surface area contributed by atoms with Crippen molar-refractivity contribution in [2.45, 2.75) is 43.0 Å². The summed E-state index contributed by atoms with van der Waals surface area (Å²) in [5.41, 5.74) is 1.62. The second kappa shape index (κ2) is 11.2. The number of nitrogens with zero attached hydrogens (tertiary/aromatic N) is 1. The number of hydrogen-bond donors (Lipinski definition) is 3. The van der Waals surface area contributed by atoms with E-state index in [1.54, 1.807) is 30.3 Å². The molecule has 10 heteroatoms. The lowest BCUT2D eigenvalue weighted by molar-refractivity contribution is 0.122. The summed E-state index contributed by atoms with van der Waals surface area (Å²) in [5.74, 6) is 0.450. The van der Waals surface area contributed by atoms with Crippen LogP contribution in [0.1, 0.15) is 32.1 Å². The molecule has 1 heterocycles. The quantitative estimate of drug-likeness (QED) is 0.488. The Balaban J connectivity index is 1.61. The molecule has 3 N–H and O–H groups in total. The molecule has 34 heavy (non-hydrogen) atoms. The number of rotatable bonds is 7. The molecule has 4 rings (SSSR count). The predicted molar refractivity (Wildman–Crippen MR) is 140 cm³/mol. The molecule has 2 aromatic rings. The summed E-state index contributed by atoms with van der Waals surface area (Å²) in [6.07, 6.45) is 5.86. The van der Waals surface area contributed by atoms with Gasteiger partial charge in [0.15, 0.2) is 5.11 Å². The van der Waals surface area contributed by atoms with E-state index in [1.807, 2.05) is 17.0 Å². The molecular weight excluding hydrogens is 472 g/mol. The summed E-state index contributed by atoms with van der Waals surface area (Å²) in [4.78, 5) is 2.20. The molecule has 2 fully saturated rings. The van der Waals surface area contributed by atoms with Gasteiger partial charge in [-0.1, -0.05) is 31.4 Å². The maximum atomic E-state index is 13.6. The number of benzene rings is 2. The van der Waals surface area contributed by atoms with E-state index < -0.39 is 10.0 Å². The van der Waals surface area contributed by atoms with Gasteiger partial charge in [-0.15, -0.1) is 0 Å². The molecule has 2 aromatic carbocycles. The number of thiocarbonyl (C=S) groups is 1. The van der Waals surface area contributed by atoms with E-state index in [-0.39, 0.29) is 4.90 Å². The number of methoxy groups -OCH3 is 1. The van der Waals surface area contributed by atoms with Crippen LogP contribution in [0.5, 0.6) is 5.75 Å². The van der Waals surface area contributed by atoms with Gasteiger partial charge in [0.2, 0.25) is 0 Å². The van der Waals surface area contributed by atoms with E-state index in [9.17, 15) is 8.42 Å². The highest BCUT2D eigenvalue weighted by Gasteiger charge is 2.25. The van der Waals surface area contributed by atoms with Crippen LogP contribution in [0, 0.1) is 0 Å². The first-order chi connectivity index (χ1) is 16.5. The summed E-state index contributed by atoms with van der Waals surface area (Å²) >= 11 is 5.52. The summed E-state index contributed by atoms with van der Waals surface area (Å²) in [5, 5.41) is 7.06. The van der Waals surface area contributed by atoms with Crippen molar-refractivity contribution < 1.29 is 17.9 Å². The van der Waals surface area contributed by atoms with Crippen LogP contribution < -0.4 is 25.0 Å². The molecule has 0 bridgehead atoms. The molecule has 184 valence electrons. The van der Waals surface area contributed by atoms with Gasteiger partial charge >= 0.3 is 0 Å². The van der Waals surface area contributed by atoms with Crippen LogP contribution in [0.2, 0.25) is 0 Å². The van der Waals surface area contributed by atoms with Crippen molar-refractivity contribution in [3.05, 3.63) is 42.5 Å². The number of hydrogen-bond acceptors (Lipinski definition) is 6. The smallest absolute Gasteiger partial charge is 0.264 e. The maximum Gasteiger partial charge on any atom is 0.264 e. The Labute approximate surface area is 207 Å². The molecule has 8 nitrogen and oxygen atoms in total. The third-order valence-corrected chi connectivity index (χ3v) is 7.77. The van der Waals surface area contributed by atoms with Gasteiger partial charge in [-0.25, -0.2) is 8.42 Å².